The number of allylic oxidation sites excluding steroid dienone is 1. The highest BCUT2D eigenvalue weighted by Crippen LogP contribution is 2.36. The van der Waals surface area contributed by atoms with Crippen molar-refractivity contribution in [3.63, 3.8) is 0 Å². The van der Waals surface area contributed by atoms with E-state index in [0.29, 0.717) is 0 Å². The normalized spacial score (nSPS) is 35.0. The molecule has 98 valence electrons. The van der Waals surface area contributed by atoms with Crippen LogP contribution in [0.15, 0.2) is 11.6 Å². The van der Waals surface area contributed by atoms with E-state index in [-0.39, 0.29) is 0 Å². The molecule has 2 atom stereocenters. The summed E-state index contributed by atoms with van der Waals surface area (Å²) in [5.74, 6) is 2.73. The number of hydrogen-bond acceptors (Lipinski definition) is 1. The van der Waals surface area contributed by atoms with Crippen LogP contribution in [0.5, 0.6) is 0 Å². The Hall–Kier alpha value is -0.300. The van der Waals surface area contributed by atoms with Crippen molar-refractivity contribution in [1.29, 1.82) is 0 Å². The van der Waals surface area contributed by atoms with E-state index < -0.39 is 0 Å². The number of nitrogens with one attached hydrogen (secondary N) is 1. The predicted molar refractivity (Wildman–Crippen MR) is 75.1 cm³/mol. The van der Waals surface area contributed by atoms with Gasteiger partial charge in [0.1, 0.15) is 0 Å². The molecule has 0 heterocycles. The average Bonchev–Trinajstić information content (AvgIpc) is 3.06. The first-order valence-corrected chi connectivity index (χ1v) is 7.55. The largest absolute Gasteiger partial charge is 0.314 e. The molecule has 2 aliphatic rings. The number of hydrogen-bond donors (Lipinski definition) is 1. The van der Waals surface area contributed by atoms with Crippen molar-refractivity contribution >= 4 is 0 Å². The molecule has 0 aromatic carbocycles. The van der Waals surface area contributed by atoms with E-state index >= 15 is 0 Å². The van der Waals surface area contributed by atoms with Crippen molar-refractivity contribution in [2.75, 3.05) is 6.54 Å². The van der Waals surface area contributed by atoms with Crippen LogP contribution in [-0.2, 0) is 0 Å². The molecule has 2 fully saturated rings. The molecular weight excluding hydrogens is 206 g/mol. The molecule has 1 heteroatoms. The lowest BCUT2D eigenvalue weighted by Gasteiger charge is -2.32. The van der Waals surface area contributed by atoms with E-state index in [9.17, 15) is 0 Å². The van der Waals surface area contributed by atoms with Crippen LogP contribution in [-0.4, -0.2) is 12.6 Å². The lowest BCUT2D eigenvalue weighted by molar-refractivity contribution is 0.243. The van der Waals surface area contributed by atoms with Gasteiger partial charge in [-0.2, -0.15) is 0 Å². The summed E-state index contributed by atoms with van der Waals surface area (Å²) in [7, 11) is 0. The molecule has 0 aromatic heterocycles. The zero-order valence-corrected chi connectivity index (χ0v) is 11.8. The van der Waals surface area contributed by atoms with Gasteiger partial charge in [-0.05, 0) is 69.7 Å². The Labute approximate surface area is 107 Å². The second kappa shape index (κ2) is 6.04. The minimum Gasteiger partial charge on any atom is -0.314 e. The molecule has 2 rings (SSSR count). The van der Waals surface area contributed by atoms with Gasteiger partial charge in [-0.15, -0.1) is 0 Å². The third kappa shape index (κ3) is 4.46. The lowest BCUT2D eigenvalue weighted by Crippen LogP contribution is -2.21. The first-order valence-electron chi connectivity index (χ1n) is 7.55. The van der Waals surface area contributed by atoms with Crippen LogP contribution in [0.25, 0.3) is 0 Å². The van der Waals surface area contributed by atoms with E-state index in [2.05, 4.69) is 32.2 Å². The summed E-state index contributed by atoms with van der Waals surface area (Å²) >= 11 is 0. The molecule has 0 amide bonds. The van der Waals surface area contributed by atoms with Gasteiger partial charge >= 0.3 is 0 Å². The van der Waals surface area contributed by atoms with E-state index in [4.69, 9.17) is 0 Å². The van der Waals surface area contributed by atoms with Gasteiger partial charge in [0.05, 0.1) is 0 Å². The van der Waals surface area contributed by atoms with E-state index in [0.717, 1.165) is 23.8 Å². The molecule has 0 radical (unpaired) electrons. The van der Waals surface area contributed by atoms with Crippen molar-refractivity contribution < 1.29 is 0 Å². The SMILES string of the molecule is CC(=CCCNC1CC1)C1CC(C)CC(C)C1. The quantitative estimate of drug-likeness (QED) is 0.557. The van der Waals surface area contributed by atoms with Gasteiger partial charge in [0, 0.05) is 6.04 Å². The molecule has 0 bridgehead atoms. The molecule has 2 unspecified atom stereocenters. The third-order valence-electron chi connectivity index (χ3n) is 4.44. The van der Waals surface area contributed by atoms with Crippen molar-refractivity contribution in [3.8, 4) is 0 Å². The van der Waals surface area contributed by atoms with E-state index in [1.165, 1.54) is 45.1 Å². The van der Waals surface area contributed by atoms with Crippen LogP contribution in [0, 0.1) is 17.8 Å². The Kier molecular flexibility index (Phi) is 4.67. The molecule has 2 aliphatic carbocycles. The van der Waals surface area contributed by atoms with Gasteiger partial charge < -0.3 is 5.32 Å². The van der Waals surface area contributed by atoms with E-state index in [1.807, 2.05) is 0 Å². The summed E-state index contributed by atoms with van der Waals surface area (Å²) < 4.78 is 0. The molecule has 0 aromatic rings. The summed E-state index contributed by atoms with van der Waals surface area (Å²) in [5, 5.41) is 3.59. The minimum atomic E-state index is 0.860. The molecule has 17 heavy (non-hydrogen) atoms. The highest BCUT2D eigenvalue weighted by Gasteiger charge is 2.24. The van der Waals surface area contributed by atoms with Gasteiger partial charge in [-0.3, -0.25) is 0 Å². The van der Waals surface area contributed by atoms with Crippen molar-refractivity contribution in [2.24, 2.45) is 17.8 Å². The average molecular weight is 235 g/mol. The first-order chi connectivity index (χ1) is 8.15. The maximum Gasteiger partial charge on any atom is 0.00683 e. The van der Waals surface area contributed by atoms with Crippen molar-refractivity contribution in [1.82, 2.24) is 5.32 Å². The summed E-state index contributed by atoms with van der Waals surface area (Å²) in [6.07, 6.45) is 10.8. The topological polar surface area (TPSA) is 12.0 Å². The Bertz CT molecular complexity index is 255. The Balaban J connectivity index is 1.72. The number of rotatable bonds is 5. The molecule has 1 N–H and O–H groups in total. The van der Waals surface area contributed by atoms with Crippen LogP contribution in [0.4, 0.5) is 0 Å². The fourth-order valence-corrected chi connectivity index (χ4v) is 3.36. The van der Waals surface area contributed by atoms with Gasteiger partial charge in [0.25, 0.3) is 0 Å². The van der Waals surface area contributed by atoms with Crippen LogP contribution in [0.3, 0.4) is 0 Å². The molecule has 2 saturated carbocycles. The molecular formula is C16H29N. The van der Waals surface area contributed by atoms with Gasteiger partial charge in [-0.25, -0.2) is 0 Å². The fraction of sp³-hybridized carbons (Fsp3) is 0.875. The second-order valence-electron chi connectivity index (χ2n) is 6.58. The maximum atomic E-state index is 3.59. The zero-order chi connectivity index (χ0) is 12.3. The van der Waals surface area contributed by atoms with Gasteiger partial charge in [0.2, 0.25) is 0 Å². The standard InChI is InChI=1S/C16H29N/c1-12-9-13(2)11-15(10-12)14(3)5-4-8-17-16-6-7-16/h5,12-13,15-17H,4,6-11H2,1-3H3. The highest BCUT2D eigenvalue weighted by atomic mass is 14.9. The monoisotopic (exact) mass is 235 g/mol. The van der Waals surface area contributed by atoms with E-state index in [1.54, 1.807) is 5.57 Å². The Morgan fingerprint density at radius 1 is 1.12 bits per heavy atom. The lowest BCUT2D eigenvalue weighted by atomic mass is 9.74. The Morgan fingerprint density at radius 2 is 1.76 bits per heavy atom. The Morgan fingerprint density at radius 3 is 2.35 bits per heavy atom. The van der Waals surface area contributed by atoms with Crippen LogP contribution >= 0.6 is 0 Å². The molecule has 0 saturated heterocycles. The van der Waals surface area contributed by atoms with Crippen molar-refractivity contribution in [3.05, 3.63) is 11.6 Å². The maximum absolute atomic E-state index is 3.59. The predicted octanol–water partition coefficient (Wildman–Crippen LogP) is 4.15. The first kappa shape index (κ1) is 13.1. The zero-order valence-electron chi connectivity index (χ0n) is 11.8. The summed E-state index contributed by atoms with van der Waals surface area (Å²) in [4.78, 5) is 0. The van der Waals surface area contributed by atoms with Crippen LogP contribution in [0.1, 0.15) is 59.3 Å². The van der Waals surface area contributed by atoms with Gasteiger partial charge in [-0.1, -0.05) is 25.5 Å². The summed E-state index contributed by atoms with van der Waals surface area (Å²) in [6, 6.07) is 0.860. The fourth-order valence-electron chi connectivity index (χ4n) is 3.36. The molecule has 0 aliphatic heterocycles. The highest BCUT2D eigenvalue weighted by molar-refractivity contribution is 5.05. The minimum absolute atomic E-state index is 0.860. The third-order valence-corrected chi connectivity index (χ3v) is 4.44. The smallest absolute Gasteiger partial charge is 0.00683 e. The molecule has 0 spiro atoms. The summed E-state index contributed by atoms with van der Waals surface area (Å²) in [5.41, 5.74) is 1.65. The second-order valence-corrected chi connectivity index (χ2v) is 6.58. The molecule has 1 nitrogen and oxygen atoms in total. The van der Waals surface area contributed by atoms with Crippen LogP contribution in [0.2, 0.25) is 0 Å². The van der Waals surface area contributed by atoms with Crippen molar-refractivity contribution in [2.45, 2.75) is 65.3 Å². The summed E-state index contributed by atoms with van der Waals surface area (Å²) in [6.45, 7) is 8.38. The van der Waals surface area contributed by atoms with Gasteiger partial charge in [0.15, 0.2) is 0 Å². The van der Waals surface area contributed by atoms with Crippen LogP contribution < -0.4 is 5.32 Å².